The summed E-state index contributed by atoms with van der Waals surface area (Å²) in [6.07, 6.45) is 1.22. The van der Waals surface area contributed by atoms with Crippen LogP contribution < -0.4 is 4.90 Å². The van der Waals surface area contributed by atoms with Crippen molar-refractivity contribution >= 4 is 28.2 Å². The van der Waals surface area contributed by atoms with Gasteiger partial charge in [0.15, 0.2) is 0 Å². The molecule has 102 valence electrons. The number of likely N-dealkylation sites (N-methyl/N-ethyl adjacent to an activating group) is 1. The van der Waals surface area contributed by atoms with E-state index in [0.29, 0.717) is 18.2 Å². The van der Waals surface area contributed by atoms with Crippen molar-refractivity contribution in [2.45, 2.75) is 6.10 Å². The first-order valence-corrected chi connectivity index (χ1v) is 6.42. The maximum Gasteiger partial charge on any atom is 0.0947 e. The zero-order chi connectivity index (χ0) is 13.8. The van der Waals surface area contributed by atoms with Crippen molar-refractivity contribution in [3.8, 4) is 0 Å². The minimum absolute atomic E-state index is 0.314. The number of hydrogen-bond acceptors (Lipinski definition) is 4. The Labute approximate surface area is 117 Å². The van der Waals surface area contributed by atoms with Crippen LogP contribution in [-0.4, -0.2) is 43.5 Å². The molecule has 1 aromatic carbocycles. The number of aromatic nitrogens is 1. The Balaban J connectivity index is 2.31. The maximum atomic E-state index is 9.80. The third-order valence-electron chi connectivity index (χ3n) is 2.94. The Morgan fingerprint density at radius 3 is 2.95 bits per heavy atom. The van der Waals surface area contributed by atoms with Gasteiger partial charge in [0.1, 0.15) is 0 Å². The summed E-state index contributed by atoms with van der Waals surface area (Å²) >= 11 is 6.04. The van der Waals surface area contributed by atoms with E-state index in [9.17, 15) is 5.11 Å². The molecule has 2 rings (SSSR count). The molecule has 0 saturated heterocycles. The lowest BCUT2D eigenvalue weighted by Crippen LogP contribution is -2.32. The molecule has 4 nitrogen and oxygen atoms in total. The normalized spacial score (nSPS) is 12.6. The summed E-state index contributed by atoms with van der Waals surface area (Å²) in [7, 11) is 3.50. The highest BCUT2D eigenvalue weighted by Crippen LogP contribution is 2.27. The Kier molecular flexibility index (Phi) is 4.58. The van der Waals surface area contributed by atoms with E-state index < -0.39 is 6.10 Å². The van der Waals surface area contributed by atoms with Gasteiger partial charge in [0.2, 0.25) is 0 Å². The molecule has 1 heterocycles. The maximum absolute atomic E-state index is 9.80. The zero-order valence-electron chi connectivity index (χ0n) is 11.0. The van der Waals surface area contributed by atoms with E-state index >= 15 is 0 Å². The average Bonchev–Trinajstić information content (AvgIpc) is 2.38. The van der Waals surface area contributed by atoms with Crippen molar-refractivity contribution in [1.29, 1.82) is 0 Å². The lowest BCUT2D eigenvalue weighted by Gasteiger charge is -2.23. The zero-order valence-corrected chi connectivity index (χ0v) is 11.8. The predicted octanol–water partition coefficient (Wildman–Crippen LogP) is 2.33. The van der Waals surface area contributed by atoms with Crippen molar-refractivity contribution in [3.63, 3.8) is 0 Å². The molecule has 0 aliphatic carbocycles. The molecule has 1 unspecified atom stereocenters. The van der Waals surface area contributed by atoms with Gasteiger partial charge in [-0.3, -0.25) is 4.98 Å². The molecule has 5 heteroatoms. The molecule has 1 atom stereocenters. The van der Waals surface area contributed by atoms with Crippen LogP contribution in [0.15, 0.2) is 30.5 Å². The van der Waals surface area contributed by atoms with E-state index in [-0.39, 0.29) is 0 Å². The van der Waals surface area contributed by atoms with Crippen molar-refractivity contribution in [3.05, 3.63) is 35.5 Å². The van der Waals surface area contributed by atoms with Gasteiger partial charge in [0.25, 0.3) is 0 Å². The molecule has 1 N–H and O–H groups in total. The number of rotatable bonds is 5. The minimum atomic E-state index is -0.530. The number of anilines is 1. The van der Waals surface area contributed by atoms with Crippen LogP contribution in [0.3, 0.4) is 0 Å². The molecular formula is C14H17ClN2O2. The van der Waals surface area contributed by atoms with Crippen LogP contribution in [0.5, 0.6) is 0 Å². The monoisotopic (exact) mass is 280 g/mol. The number of hydrogen-bond donors (Lipinski definition) is 1. The van der Waals surface area contributed by atoms with E-state index in [0.717, 1.165) is 16.6 Å². The van der Waals surface area contributed by atoms with Gasteiger partial charge in [-0.25, -0.2) is 0 Å². The summed E-state index contributed by atoms with van der Waals surface area (Å²) in [5, 5.41) is 11.4. The van der Waals surface area contributed by atoms with Gasteiger partial charge < -0.3 is 14.7 Å². The number of methoxy groups -OCH3 is 1. The number of benzene rings is 1. The molecule has 0 spiro atoms. The average molecular weight is 281 g/mol. The molecule has 0 radical (unpaired) electrons. The first kappa shape index (κ1) is 14.1. The van der Waals surface area contributed by atoms with Gasteiger partial charge in [-0.15, -0.1) is 0 Å². The Morgan fingerprint density at radius 1 is 1.42 bits per heavy atom. The summed E-state index contributed by atoms with van der Waals surface area (Å²) in [6.45, 7) is 0.799. The lowest BCUT2D eigenvalue weighted by atomic mass is 10.1. The fourth-order valence-corrected chi connectivity index (χ4v) is 2.27. The molecule has 19 heavy (non-hydrogen) atoms. The Morgan fingerprint density at radius 2 is 2.21 bits per heavy atom. The highest BCUT2D eigenvalue weighted by atomic mass is 35.5. The fraction of sp³-hybridized carbons (Fsp3) is 0.357. The van der Waals surface area contributed by atoms with Gasteiger partial charge in [-0.1, -0.05) is 11.6 Å². The third-order valence-corrected chi connectivity index (χ3v) is 3.17. The molecule has 0 saturated carbocycles. The van der Waals surface area contributed by atoms with E-state index in [1.165, 1.54) is 0 Å². The fourth-order valence-electron chi connectivity index (χ4n) is 2.10. The predicted molar refractivity (Wildman–Crippen MR) is 77.9 cm³/mol. The quantitative estimate of drug-likeness (QED) is 0.913. The van der Waals surface area contributed by atoms with Gasteiger partial charge in [-0.2, -0.15) is 0 Å². The number of nitrogens with zero attached hydrogens (tertiary/aromatic N) is 2. The van der Waals surface area contributed by atoms with Crippen LogP contribution in [0.4, 0.5) is 5.69 Å². The summed E-state index contributed by atoms with van der Waals surface area (Å²) in [5.41, 5.74) is 1.87. The topological polar surface area (TPSA) is 45.6 Å². The van der Waals surface area contributed by atoms with Gasteiger partial charge in [-0.05, 0) is 24.3 Å². The van der Waals surface area contributed by atoms with Crippen molar-refractivity contribution in [1.82, 2.24) is 4.98 Å². The van der Waals surface area contributed by atoms with Crippen LogP contribution >= 0.6 is 11.6 Å². The number of aliphatic hydroxyl groups excluding tert-OH is 1. The van der Waals surface area contributed by atoms with Crippen molar-refractivity contribution in [2.75, 3.05) is 32.2 Å². The second kappa shape index (κ2) is 6.19. The number of ether oxygens (including phenoxy) is 1. The molecule has 1 aromatic heterocycles. The highest BCUT2D eigenvalue weighted by molar-refractivity contribution is 6.31. The number of aliphatic hydroxyl groups is 1. The molecule has 0 aliphatic heterocycles. The van der Waals surface area contributed by atoms with Crippen LogP contribution in [0.1, 0.15) is 0 Å². The molecular weight excluding hydrogens is 264 g/mol. The minimum Gasteiger partial charge on any atom is -0.389 e. The largest absolute Gasteiger partial charge is 0.389 e. The smallest absolute Gasteiger partial charge is 0.0947 e. The van der Waals surface area contributed by atoms with E-state index in [1.807, 2.05) is 36.2 Å². The molecule has 0 aliphatic rings. The summed E-state index contributed by atoms with van der Waals surface area (Å²) < 4.78 is 4.94. The van der Waals surface area contributed by atoms with E-state index in [1.54, 1.807) is 13.3 Å². The lowest BCUT2D eigenvalue weighted by molar-refractivity contribution is 0.0695. The first-order valence-electron chi connectivity index (χ1n) is 6.04. The molecule has 0 amide bonds. The molecule has 0 fully saturated rings. The van der Waals surface area contributed by atoms with Crippen molar-refractivity contribution < 1.29 is 9.84 Å². The summed E-state index contributed by atoms with van der Waals surface area (Å²) in [5.74, 6) is 0. The Bertz CT molecular complexity index is 562. The van der Waals surface area contributed by atoms with Gasteiger partial charge in [0, 0.05) is 43.0 Å². The van der Waals surface area contributed by atoms with Gasteiger partial charge >= 0.3 is 0 Å². The first-order chi connectivity index (χ1) is 9.11. The van der Waals surface area contributed by atoms with Crippen LogP contribution in [0, 0.1) is 0 Å². The second-order valence-corrected chi connectivity index (χ2v) is 4.92. The summed E-state index contributed by atoms with van der Waals surface area (Å²) in [4.78, 5) is 6.28. The summed E-state index contributed by atoms with van der Waals surface area (Å²) in [6, 6.07) is 7.51. The number of halogens is 1. The van der Waals surface area contributed by atoms with E-state index in [4.69, 9.17) is 16.3 Å². The van der Waals surface area contributed by atoms with Crippen LogP contribution in [0.2, 0.25) is 5.02 Å². The second-order valence-electron chi connectivity index (χ2n) is 4.48. The highest BCUT2D eigenvalue weighted by Gasteiger charge is 2.11. The third kappa shape index (κ3) is 3.35. The van der Waals surface area contributed by atoms with Crippen LogP contribution in [-0.2, 0) is 4.74 Å². The molecule has 2 aromatic rings. The number of pyridine rings is 1. The van der Waals surface area contributed by atoms with E-state index in [2.05, 4.69) is 4.98 Å². The molecule has 0 bridgehead atoms. The Hall–Kier alpha value is -1.36. The standard InChI is InChI=1S/C14H17ClN2O2/c1-17(8-11(18)9-19-2)14-5-6-16-13-4-3-10(15)7-12(13)14/h3-7,11,18H,8-9H2,1-2H3. The van der Waals surface area contributed by atoms with Gasteiger partial charge in [0.05, 0.1) is 18.2 Å². The van der Waals surface area contributed by atoms with Crippen LogP contribution in [0.25, 0.3) is 10.9 Å². The SMILES string of the molecule is COCC(O)CN(C)c1ccnc2ccc(Cl)cc12. The number of fused-ring (bicyclic) bond motifs is 1. The van der Waals surface area contributed by atoms with Crippen molar-refractivity contribution in [2.24, 2.45) is 0 Å².